The first-order valence-electron chi connectivity index (χ1n) is 5.58. The molecule has 18 heavy (non-hydrogen) atoms. The first-order chi connectivity index (χ1) is 8.66. The molecule has 0 atom stereocenters. The lowest BCUT2D eigenvalue weighted by Crippen LogP contribution is -2.08. The van der Waals surface area contributed by atoms with Crippen molar-refractivity contribution in [2.24, 2.45) is 0 Å². The molecular weight excluding hydrogens is 230 g/mol. The van der Waals surface area contributed by atoms with E-state index >= 15 is 0 Å². The number of carboxylic acids is 1. The third kappa shape index (κ3) is 1.50. The van der Waals surface area contributed by atoms with Crippen LogP contribution in [0.1, 0.15) is 0 Å². The van der Waals surface area contributed by atoms with E-state index in [4.69, 9.17) is 5.11 Å². The fraction of sp³-hybridized carbons (Fsp3) is 0.0714. The van der Waals surface area contributed by atoms with Crippen LogP contribution in [0.3, 0.4) is 0 Å². The predicted octanol–water partition coefficient (Wildman–Crippen LogP) is 2.58. The fourth-order valence-corrected chi connectivity index (χ4v) is 2.34. The van der Waals surface area contributed by atoms with Gasteiger partial charge >= 0.3 is 5.97 Å². The van der Waals surface area contributed by atoms with Crippen molar-refractivity contribution in [3.8, 4) is 5.75 Å². The molecule has 0 aliphatic carbocycles. The maximum atomic E-state index is 11.0. The molecule has 0 bridgehead atoms. The van der Waals surface area contributed by atoms with Crippen LogP contribution in [0.2, 0.25) is 0 Å². The zero-order valence-electron chi connectivity index (χ0n) is 9.50. The van der Waals surface area contributed by atoms with Crippen LogP contribution in [0.4, 0.5) is 0 Å². The summed E-state index contributed by atoms with van der Waals surface area (Å²) < 4.78 is 1.70. The Kier molecular flexibility index (Phi) is 2.23. The third-order valence-electron chi connectivity index (χ3n) is 3.05. The van der Waals surface area contributed by atoms with Gasteiger partial charge in [-0.05, 0) is 18.2 Å². The summed E-state index contributed by atoms with van der Waals surface area (Å²) in [5.41, 5.74) is 1.60. The molecule has 0 saturated heterocycles. The number of fused-ring (bicyclic) bond motifs is 3. The maximum absolute atomic E-state index is 11.0. The van der Waals surface area contributed by atoms with E-state index in [1.54, 1.807) is 16.7 Å². The van der Waals surface area contributed by atoms with Crippen LogP contribution in [0, 0.1) is 0 Å². The van der Waals surface area contributed by atoms with Crippen LogP contribution in [-0.2, 0) is 11.3 Å². The van der Waals surface area contributed by atoms with Gasteiger partial charge in [0.1, 0.15) is 12.3 Å². The number of para-hydroxylation sites is 1. The van der Waals surface area contributed by atoms with Gasteiger partial charge < -0.3 is 14.8 Å². The van der Waals surface area contributed by atoms with Gasteiger partial charge in [0.25, 0.3) is 0 Å². The molecule has 90 valence electrons. The van der Waals surface area contributed by atoms with Gasteiger partial charge in [-0.15, -0.1) is 0 Å². The molecule has 3 rings (SSSR count). The molecule has 0 aliphatic heterocycles. The smallest absolute Gasteiger partial charge is 0.323 e. The topological polar surface area (TPSA) is 62.5 Å². The highest BCUT2D eigenvalue weighted by Gasteiger charge is 2.12. The molecule has 0 aliphatic rings. The molecule has 2 aromatic carbocycles. The van der Waals surface area contributed by atoms with Crippen molar-refractivity contribution in [3.05, 3.63) is 42.5 Å². The van der Waals surface area contributed by atoms with E-state index in [0.29, 0.717) is 0 Å². The minimum atomic E-state index is -0.902. The van der Waals surface area contributed by atoms with E-state index in [1.165, 1.54) is 0 Å². The van der Waals surface area contributed by atoms with Gasteiger partial charge in [-0.3, -0.25) is 4.79 Å². The van der Waals surface area contributed by atoms with Gasteiger partial charge in [0.2, 0.25) is 0 Å². The van der Waals surface area contributed by atoms with Crippen LogP contribution >= 0.6 is 0 Å². The van der Waals surface area contributed by atoms with Crippen molar-refractivity contribution in [2.75, 3.05) is 0 Å². The molecule has 1 aromatic heterocycles. The third-order valence-corrected chi connectivity index (χ3v) is 3.05. The van der Waals surface area contributed by atoms with Crippen LogP contribution < -0.4 is 0 Å². The molecule has 0 fully saturated rings. The van der Waals surface area contributed by atoms with E-state index in [-0.39, 0.29) is 12.3 Å². The van der Waals surface area contributed by atoms with Gasteiger partial charge in [0, 0.05) is 22.4 Å². The van der Waals surface area contributed by atoms with Crippen molar-refractivity contribution in [1.29, 1.82) is 0 Å². The average Bonchev–Trinajstić information content (AvgIpc) is 2.63. The van der Waals surface area contributed by atoms with Crippen LogP contribution in [0.5, 0.6) is 5.75 Å². The summed E-state index contributed by atoms with van der Waals surface area (Å²) in [4.78, 5) is 11.0. The number of aromatic nitrogens is 1. The summed E-state index contributed by atoms with van der Waals surface area (Å²) in [6.45, 7) is -0.118. The molecule has 4 heteroatoms. The number of rotatable bonds is 2. The van der Waals surface area contributed by atoms with Gasteiger partial charge in [-0.2, -0.15) is 0 Å². The number of carbonyl (C=O) groups is 1. The molecule has 1 heterocycles. The van der Waals surface area contributed by atoms with Gasteiger partial charge in [0.05, 0.1) is 5.52 Å². The lowest BCUT2D eigenvalue weighted by Gasteiger charge is -2.03. The number of phenolic OH excluding ortho intramolecular Hbond substituents is 1. The Morgan fingerprint density at radius 1 is 1.06 bits per heavy atom. The minimum absolute atomic E-state index is 0.118. The van der Waals surface area contributed by atoms with Crippen molar-refractivity contribution in [1.82, 2.24) is 4.57 Å². The Morgan fingerprint density at radius 2 is 1.78 bits per heavy atom. The number of carboxylic acid groups (broad SMARTS) is 1. The highest BCUT2D eigenvalue weighted by molar-refractivity contribution is 6.08. The van der Waals surface area contributed by atoms with E-state index in [2.05, 4.69) is 0 Å². The highest BCUT2D eigenvalue weighted by Crippen LogP contribution is 2.30. The molecule has 0 spiro atoms. The van der Waals surface area contributed by atoms with Gasteiger partial charge in [0.15, 0.2) is 0 Å². The first-order valence-corrected chi connectivity index (χ1v) is 5.58. The van der Waals surface area contributed by atoms with Crippen molar-refractivity contribution >= 4 is 27.8 Å². The number of hydrogen-bond acceptors (Lipinski definition) is 2. The molecule has 4 nitrogen and oxygen atoms in total. The Bertz CT molecular complexity index is 758. The van der Waals surface area contributed by atoms with E-state index in [1.807, 2.05) is 30.3 Å². The van der Waals surface area contributed by atoms with E-state index < -0.39 is 5.97 Å². The van der Waals surface area contributed by atoms with E-state index in [9.17, 15) is 9.90 Å². The van der Waals surface area contributed by atoms with Crippen molar-refractivity contribution < 1.29 is 15.0 Å². The van der Waals surface area contributed by atoms with Gasteiger partial charge in [-0.1, -0.05) is 18.2 Å². The minimum Gasteiger partial charge on any atom is -0.508 e. The fourth-order valence-electron chi connectivity index (χ4n) is 2.34. The molecule has 3 aromatic rings. The second-order valence-electron chi connectivity index (χ2n) is 4.20. The second kappa shape index (κ2) is 3.77. The van der Waals surface area contributed by atoms with E-state index in [0.717, 1.165) is 21.8 Å². The summed E-state index contributed by atoms with van der Waals surface area (Å²) in [6, 6.07) is 12.6. The highest BCUT2D eigenvalue weighted by atomic mass is 16.4. The number of nitrogens with zero attached hydrogens (tertiary/aromatic N) is 1. The molecule has 2 N–H and O–H groups in total. The summed E-state index contributed by atoms with van der Waals surface area (Å²) >= 11 is 0. The zero-order chi connectivity index (χ0) is 12.7. The SMILES string of the molecule is O=C(O)Cn1c2ccccc2c2ccc(O)cc21. The first kappa shape index (κ1) is 10.7. The lowest BCUT2D eigenvalue weighted by molar-refractivity contribution is -0.137. The molecule has 0 radical (unpaired) electrons. The number of aliphatic carboxylic acids is 1. The number of benzene rings is 2. The van der Waals surface area contributed by atoms with Crippen molar-refractivity contribution in [3.63, 3.8) is 0 Å². The number of phenols is 1. The Labute approximate surface area is 103 Å². The maximum Gasteiger partial charge on any atom is 0.323 e. The zero-order valence-corrected chi connectivity index (χ0v) is 9.50. The predicted molar refractivity (Wildman–Crippen MR) is 68.7 cm³/mol. The molecular formula is C14H11NO3. The monoisotopic (exact) mass is 241 g/mol. The normalized spacial score (nSPS) is 11.1. The van der Waals surface area contributed by atoms with Crippen molar-refractivity contribution in [2.45, 2.75) is 6.54 Å². The molecule has 0 unspecified atom stereocenters. The Balaban J connectivity index is 2.46. The second-order valence-corrected chi connectivity index (χ2v) is 4.20. The Morgan fingerprint density at radius 3 is 2.56 bits per heavy atom. The summed E-state index contributed by atoms with van der Waals surface area (Å²) in [5.74, 6) is -0.766. The van der Waals surface area contributed by atoms with Crippen LogP contribution in [0.15, 0.2) is 42.5 Å². The molecule has 0 amide bonds. The average molecular weight is 241 g/mol. The largest absolute Gasteiger partial charge is 0.508 e. The summed E-state index contributed by atoms with van der Waals surface area (Å²) in [5, 5.41) is 20.5. The number of aromatic hydroxyl groups is 1. The molecule has 0 saturated carbocycles. The number of hydrogen-bond donors (Lipinski definition) is 2. The van der Waals surface area contributed by atoms with Crippen LogP contribution in [-0.4, -0.2) is 20.7 Å². The lowest BCUT2D eigenvalue weighted by atomic mass is 10.1. The Hall–Kier alpha value is -2.49. The van der Waals surface area contributed by atoms with Crippen LogP contribution in [0.25, 0.3) is 21.8 Å². The summed E-state index contributed by atoms with van der Waals surface area (Å²) in [6.07, 6.45) is 0. The standard InChI is InChI=1S/C14H11NO3/c16-9-5-6-11-10-3-1-2-4-12(10)15(8-14(17)18)13(11)7-9/h1-7,16H,8H2,(H,17,18). The van der Waals surface area contributed by atoms with Gasteiger partial charge in [-0.25, -0.2) is 0 Å². The quantitative estimate of drug-likeness (QED) is 0.724. The summed E-state index contributed by atoms with van der Waals surface area (Å²) in [7, 11) is 0.